The van der Waals surface area contributed by atoms with Crippen LogP contribution >= 0.6 is 0 Å². The smallest absolute Gasteiger partial charge is 0.150 e. The number of hydrogen-bond acceptors (Lipinski definition) is 3. The number of rotatable bonds is 2. The van der Waals surface area contributed by atoms with Crippen LogP contribution in [0.25, 0.3) is 22.4 Å². The van der Waals surface area contributed by atoms with Crippen LogP contribution in [0.15, 0.2) is 61.3 Å². The predicted octanol–water partition coefficient (Wildman–Crippen LogP) is 3.34. The van der Waals surface area contributed by atoms with Crippen LogP contribution in [0.5, 0.6) is 0 Å². The maximum absolute atomic E-state index is 14.1. The van der Waals surface area contributed by atoms with Gasteiger partial charge in [-0.2, -0.15) is 0 Å². The molecule has 0 aromatic carbocycles. The molecule has 4 heteroatoms. The minimum absolute atomic E-state index is 0.306. The van der Waals surface area contributed by atoms with Gasteiger partial charge in [0.25, 0.3) is 0 Å². The van der Waals surface area contributed by atoms with E-state index in [0.29, 0.717) is 16.8 Å². The van der Waals surface area contributed by atoms with Crippen molar-refractivity contribution in [3.05, 3.63) is 67.1 Å². The number of nitrogens with zero attached hydrogens (tertiary/aromatic N) is 3. The number of halogens is 1. The van der Waals surface area contributed by atoms with Crippen molar-refractivity contribution >= 4 is 0 Å². The lowest BCUT2D eigenvalue weighted by atomic mass is 10.1. The van der Waals surface area contributed by atoms with E-state index in [1.807, 2.05) is 12.1 Å². The first-order valence-electron chi connectivity index (χ1n) is 5.81. The van der Waals surface area contributed by atoms with Gasteiger partial charge in [-0.3, -0.25) is 15.0 Å². The molecule has 0 amide bonds. The molecule has 0 radical (unpaired) electrons. The molecular weight excluding hydrogens is 241 g/mol. The first kappa shape index (κ1) is 11.5. The molecule has 3 nitrogen and oxygen atoms in total. The molecule has 92 valence electrons. The molecule has 0 saturated carbocycles. The van der Waals surface area contributed by atoms with Gasteiger partial charge in [0.15, 0.2) is 0 Å². The summed E-state index contributed by atoms with van der Waals surface area (Å²) in [5.74, 6) is -0.366. The highest BCUT2D eigenvalue weighted by molar-refractivity contribution is 5.66. The summed E-state index contributed by atoms with van der Waals surface area (Å²) >= 11 is 0. The third-order valence-corrected chi connectivity index (χ3v) is 2.77. The van der Waals surface area contributed by atoms with Gasteiger partial charge in [-0.25, -0.2) is 4.39 Å². The Labute approximate surface area is 109 Å². The van der Waals surface area contributed by atoms with Crippen molar-refractivity contribution in [2.24, 2.45) is 0 Å². The first-order valence-corrected chi connectivity index (χ1v) is 5.81. The Morgan fingerprint density at radius 2 is 1.47 bits per heavy atom. The Morgan fingerprint density at radius 3 is 2.05 bits per heavy atom. The van der Waals surface area contributed by atoms with Crippen LogP contribution in [0, 0.1) is 5.82 Å². The molecule has 3 aromatic rings. The maximum atomic E-state index is 14.1. The summed E-state index contributed by atoms with van der Waals surface area (Å²) in [5.41, 5.74) is 2.52. The van der Waals surface area contributed by atoms with E-state index in [1.54, 1.807) is 43.1 Å². The Kier molecular flexibility index (Phi) is 2.98. The van der Waals surface area contributed by atoms with E-state index in [2.05, 4.69) is 15.0 Å². The topological polar surface area (TPSA) is 38.7 Å². The molecule has 0 saturated heterocycles. The third kappa shape index (κ3) is 2.33. The van der Waals surface area contributed by atoms with Crippen molar-refractivity contribution in [3.8, 4) is 22.4 Å². The van der Waals surface area contributed by atoms with Gasteiger partial charge in [0.2, 0.25) is 0 Å². The molecular formula is C15H10FN3. The van der Waals surface area contributed by atoms with E-state index in [9.17, 15) is 4.39 Å². The standard InChI is InChI=1S/C15H10FN3/c16-14-7-13(11-3-1-5-17-8-11)10-19-15(14)12-4-2-6-18-9-12/h1-10H. The predicted molar refractivity (Wildman–Crippen MR) is 70.7 cm³/mol. The zero-order valence-electron chi connectivity index (χ0n) is 9.99. The lowest BCUT2D eigenvalue weighted by molar-refractivity contribution is 0.626. The molecule has 3 aromatic heterocycles. The molecule has 19 heavy (non-hydrogen) atoms. The molecule has 0 aliphatic rings. The average Bonchev–Trinajstić information content (AvgIpc) is 2.49. The van der Waals surface area contributed by atoms with Crippen molar-refractivity contribution in [1.82, 2.24) is 15.0 Å². The molecule has 3 heterocycles. The lowest BCUT2D eigenvalue weighted by Gasteiger charge is -2.05. The Bertz CT molecular complexity index is 684. The Morgan fingerprint density at radius 1 is 0.789 bits per heavy atom. The number of aromatic nitrogens is 3. The van der Waals surface area contributed by atoms with Crippen LogP contribution in [0.4, 0.5) is 4.39 Å². The fraction of sp³-hybridized carbons (Fsp3) is 0. The van der Waals surface area contributed by atoms with Gasteiger partial charge in [0, 0.05) is 47.7 Å². The van der Waals surface area contributed by atoms with Crippen LogP contribution in [0.1, 0.15) is 0 Å². The summed E-state index contributed by atoms with van der Waals surface area (Å²) in [4.78, 5) is 12.2. The van der Waals surface area contributed by atoms with Gasteiger partial charge < -0.3 is 0 Å². The van der Waals surface area contributed by atoms with E-state index in [0.717, 1.165) is 5.56 Å². The molecule has 0 bridgehead atoms. The van der Waals surface area contributed by atoms with E-state index < -0.39 is 0 Å². The monoisotopic (exact) mass is 251 g/mol. The van der Waals surface area contributed by atoms with E-state index >= 15 is 0 Å². The van der Waals surface area contributed by atoms with Crippen LogP contribution in [0.2, 0.25) is 0 Å². The van der Waals surface area contributed by atoms with Crippen molar-refractivity contribution < 1.29 is 4.39 Å². The summed E-state index contributed by atoms with van der Waals surface area (Å²) in [6.07, 6.45) is 8.24. The summed E-state index contributed by atoms with van der Waals surface area (Å²) in [6.45, 7) is 0. The highest BCUT2D eigenvalue weighted by Gasteiger charge is 2.08. The van der Waals surface area contributed by atoms with Crippen molar-refractivity contribution in [2.75, 3.05) is 0 Å². The summed E-state index contributed by atoms with van der Waals surface area (Å²) in [7, 11) is 0. The van der Waals surface area contributed by atoms with E-state index in [1.165, 1.54) is 6.07 Å². The lowest BCUT2D eigenvalue weighted by Crippen LogP contribution is -1.91. The van der Waals surface area contributed by atoms with Gasteiger partial charge in [0.05, 0.1) is 0 Å². The van der Waals surface area contributed by atoms with Gasteiger partial charge >= 0.3 is 0 Å². The van der Waals surface area contributed by atoms with Crippen molar-refractivity contribution in [2.45, 2.75) is 0 Å². The molecule has 0 N–H and O–H groups in total. The van der Waals surface area contributed by atoms with Crippen molar-refractivity contribution in [3.63, 3.8) is 0 Å². The van der Waals surface area contributed by atoms with Crippen LogP contribution in [-0.2, 0) is 0 Å². The minimum atomic E-state index is -0.366. The van der Waals surface area contributed by atoms with E-state index in [4.69, 9.17) is 0 Å². The molecule has 0 unspecified atom stereocenters. The summed E-state index contributed by atoms with van der Waals surface area (Å²) in [6, 6.07) is 8.68. The molecule has 3 rings (SSSR count). The van der Waals surface area contributed by atoms with Crippen LogP contribution < -0.4 is 0 Å². The fourth-order valence-electron chi connectivity index (χ4n) is 1.84. The Hall–Kier alpha value is -2.62. The minimum Gasteiger partial charge on any atom is -0.264 e. The molecule has 0 fully saturated rings. The van der Waals surface area contributed by atoms with Crippen molar-refractivity contribution in [1.29, 1.82) is 0 Å². The highest BCUT2D eigenvalue weighted by Crippen LogP contribution is 2.24. The normalized spacial score (nSPS) is 10.4. The first-order chi connectivity index (χ1) is 9.34. The van der Waals surface area contributed by atoms with Crippen LogP contribution in [0.3, 0.4) is 0 Å². The maximum Gasteiger partial charge on any atom is 0.150 e. The zero-order valence-corrected chi connectivity index (χ0v) is 9.99. The van der Waals surface area contributed by atoms with Gasteiger partial charge in [-0.1, -0.05) is 6.07 Å². The average molecular weight is 251 g/mol. The second-order valence-electron chi connectivity index (χ2n) is 4.04. The second-order valence-corrected chi connectivity index (χ2v) is 4.04. The third-order valence-electron chi connectivity index (χ3n) is 2.77. The zero-order chi connectivity index (χ0) is 13.1. The van der Waals surface area contributed by atoms with Gasteiger partial charge in [-0.05, 0) is 24.3 Å². The molecule has 0 atom stereocenters. The molecule has 0 aliphatic heterocycles. The SMILES string of the molecule is Fc1cc(-c2cccnc2)cnc1-c1cccnc1. The largest absolute Gasteiger partial charge is 0.264 e. The molecule has 0 aliphatic carbocycles. The van der Waals surface area contributed by atoms with Crippen LogP contribution in [-0.4, -0.2) is 15.0 Å². The highest BCUT2D eigenvalue weighted by atomic mass is 19.1. The second kappa shape index (κ2) is 4.94. The van der Waals surface area contributed by atoms with E-state index in [-0.39, 0.29) is 5.82 Å². The number of pyridine rings is 3. The fourth-order valence-corrected chi connectivity index (χ4v) is 1.84. The van der Waals surface area contributed by atoms with Gasteiger partial charge in [-0.15, -0.1) is 0 Å². The Balaban J connectivity index is 2.04. The number of hydrogen-bond donors (Lipinski definition) is 0. The van der Waals surface area contributed by atoms with Gasteiger partial charge in [0.1, 0.15) is 11.5 Å². The summed E-state index contributed by atoms with van der Waals surface area (Å²) in [5, 5.41) is 0. The summed E-state index contributed by atoms with van der Waals surface area (Å²) < 4.78 is 14.1. The molecule has 0 spiro atoms. The quantitative estimate of drug-likeness (QED) is 0.701.